The van der Waals surface area contributed by atoms with E-state index in [1.165, 1.54) is 4.68 Å². The maximum Gasteiger partial charge on any atom is 0.356 e. The lowest BCUT2D eigenvalue weighted by molar-refractivity contribution is 0.0688. The predicted octanol–water partition coefficient (Wildman–Crippen LogP) is 2.52. The minimum absolute atomic E-state index is 0.0786. The fraction of sp³-hybridized carbons (Fsp3) is 0.167. The number of carboxylic acid groups (broad SMARTS) is 1. The van der Waals surface area contributed by atoms with Crippen LogP contribution < -0.4 is 0 Å². The summed E-state index contributed by atoms with van der Waals surface area (Å²) in [5.41, 5.74) is 0.957. The van der Waals surface area contributed by atoms with E-state index in [9.17, 15) is 4.79 Å². The summed E-state index contributed by atoms with van der Waals surface area (Å²) in [6.07, 6.45) is 1.79. The highest BCUT2D eigenvalue weighted by molar-refractivity contribution is 9.10. The molecule has 0 bridgehead atoms. The molecule has 0 fully saturated rings. The maximum absolute atomic E-state index is 11.1. The zero-order valence-electron chi connectivity index (χ0n) is 9.68. The molecule has 1 heterocycles. The molecule has 0 radical (unpaired) electrons. The summed E-state index contributed by atoms with van der Waals surface area (Å²) < 4.78 is 2.21. The number of hydrogen-bond donors (Lipinski definition) is 2. The average Bonchev–Trinajstić information content (AvgIpc) is 2.77. The third-order valence-corrected chi connectivity index (χ3v) is 3.34. The highest BCUT2D eigenvalue weighted by Gasteiger charge is 2.17. The number of aromatic nitrogens is 2. The lowest BCUT2D eigenvalue weighted by Crippen LogP contribution is -2.04. The monoisotopic (exact) mass is 344 g/mol. The second-order valence-corrected chi connectivity index (χ2v) is 5.14. The van der Waals surface area contributed by atoms with Crippen LogP contribution in [0.2, 0.25) is 5.02 Å². The number of benzene rings is 1. The van der Waals surface area contributed by atoms with Crippen molar-refractivity contribution in [3.05, 3.63) is 45.1 Å². The van der Waals surface area contributed by atoms with Crippen LogP contribution in [0.15, 0.2) is 28.9 Å². The van der Waals surface area contributed by atoms with Gasteiger partial charge in [0.1, 0.15) is 0 Å². The summed E-state index contributed by atoms with van der Waals surface area (Å²) >= 11 is 9.39. The molecule has 19 heavy (non-hydrogen) atoms. The Morgan fingerprint density at radius 1 is 1.47 bits per heavy atom. The van der Waals surface area contributed by atoms with Crippen molar-refractivity contribution in [1.29, 1.82) is 0 Å². The van der Waals surface area contributed by atoms with Gasteiger partial charge in [0.25, 0.3) is 0 Å². The molecule has 0 saturated heterocycles. The first-order valence-electron chi connectivity index (χ1n) is 5.41. The fourth-order valence-corrected chi connectivity index (χ4v) is 2.23. The minimum Gasteiger partial charge on any atom is -0.476 e. The number of rotatable bonds is 4. The van der Waals surface area contributed by atoms with Crippen LogP contribution in [0, 0.1) is 0 Å². The second kappa shape index (κ2) is 5.73. The molecule has 0 aliphatic rings. The quantitative estimate of drug-likeness (QED) is 0.893. The lowest BCUT2D eigenvalue weighted by Gasteiger charge is -2.04. The molecule has 2 rings (SSSR count). The van der Waals surface area contributed by atoms with E-state index in [4.69, 9.17) is 21.8 Å². The van der Waals surface area contributed by atoms with Gasteiger partial charge in [-0.15, -0.1) is 0 Å². The van der Waals surface area contributed by atoms with Crippen LogP contribution >= 0.6 is 27.5 Å². The smallest absolute Gasteiger partial charge is 0.356 e. The molecule has 2 N–H and O–H groups in total. The normalized spacial score (nSPS) is 10.7. The van der Waals surface area contributed by atoms with E-state index in [0.29, 0.717) is 16.3 Å². The first-order chi connectivity index (χ1) is 9.02. The fourth-order valence-electron chi connectivity index (χ4n) is 1.68. The third kappa shape index (κ3) is 2.97. The molecule has 1 aromatic carbocycles. The van der Waals surface area contributed by atoms with Crippen molar-refractivity contribution >= 4 is 33.5 Å². The number of aromatic carboxylic acids is 1. The van der Waals surface area contributed by atoms with Gasteiger partial charge in [0.15, 0.2) is 5.69 Å². The first-order valence-corrected chi connectivity index (χ1v) is 6.58. The average molecular weight is 346 g/mol. The van der Waals surface area contributed by atoms with Crippen LogP contribution in [0.1, 0.15) is 16.1 Å². The highest BCUT2D eigenvalue weighted by Crippen LogP contribution is 2.25. The van der Waals surface area contributed by atoms with Gasteiger partial charge in [0, 0.05) is 22.8 Å². The van der Waals surface area contributed by atoms with E-state index in [2.05, 4.69) is 21.0 Å². The van der Waals surface area contributed by atoms with Crippen LogP contribution in [-0.4, -0.2) is 32.6 Å². The summed E-state index contributed by atoms with van der Waals surface area (Å²) in [7, 11) is 0. The summed E-state index contributed by atoms with van der Waals surface area (Å²) in [4.78, 5) is 11.1. The summed E-state index contributed by atoms with van der Waals surface area (Å²) in [6, 6.07) is 5.21. The molecule has 0 amide bonds. The Kier molecular flexibility index (Phi) is 4.24. The Hall–Kier alpha value is -1.37. The van der Waals surface area contributed by atoms with E-state index in [-0.39, 0.29) is 18.7 Å². The van der Waals surface area contributed by atoms with Crippen LogP contribution in [-0.2, 0) is 6.42 Å². The minimum atomic E-state index is -1.13. The maximum atomic E-state index is 11.1. The molecule has 0 spiro atoms. The molecule has 0 aliphatic carbocycles. The Bertz CT molecular complexity index is 627. The molecule has 0 aliphatic heterocycles. The zero-order chi connectivity index (χ0) is 14.0. The summed E-state index contributed by atoms with van der Waals surface area (Å²) in [5.74, 6) is -1.13. The number of aliphatic hydroxyl groups excluding tert-OH is 1. The molecule has 0 saturated carbocycles. The molecule has 0 atom stereocenters. The number of halogens is 2. The highest BCUT2D eigenvalue weighted by atomic mass is 79.9. The van der Waals surface area contributed by atoms with Crippen molar-refractivity contribution in [2.45, 2.75) is 6.42 Å². The molecule has 5 nitrogen and oxygen atoms in total. The zero-order valence-corrected chi connectivity index (χ0v) is 12.0. The number of carbonyl (C=O) groups is 1. The molecular formula is C12H10BrClN2O3. The number of nitrogens with zero attached hydrogens (tertiary/aromatic N) is 2. The van der Waals surface area contributed by atoms with Gasteiger partial charge >= 0.3 is 5.97 Å². The Morgan fingerprint density at radius 3 is 2.84 bits per heavy atom. The van der Waals surface area contributed by atoms with Gasteiger partial charge in [-0.3, -0.25) is 0 Å². The van der Waals surface area contributed by atoms with Crippen molar-refractivity contribution in [2.24, 2.45) is 0 Å². The van der Waals surface area contributed by atoms with Crippen LogP contribution in [0.3, 0.4) is 0 Å². The Morgan fingerprint density at radius 2 is 2.21 bits per heavy atom. The Labute approximate surface area is 122 Å². The second-order valence-electron chi connectivity index (χ2n) is 3.82. The van der Waals surface area contributed by atoms with Gasteiger partial charge < -0.3 is 10.2 Å². The van der Waals surface area contributed by atoms with Gasteiger partial charge in [-0.1, -0.05) is 27.5 Å². The van der Waals surface area contributed by atoms with E-state index in [1.54, 1.807) is 24.4 Å². The molecule has 100 valence electrons. The molecule has 1 aromatic heterocycles. The van der Waals surface area contributed by atoms with Gasteiger partial charge in [-0.25, -0.2) is 9.48 Å². The molecular weight excluding hydrogens is 336 g/mol. The van der Waals surface area contributed by atoms with Crippen LogP contribution in [0.4, 0.5) is 0 Å². The van der Waals surface area contributed by atoms with Crippen LogP contribution in [0.5, 0.6) is 0 Å². The largest absolute Gasteiger partial charge is 0.476 e. The van der Waals surface area contributed by atoms with Crippen molar-refractivity contribution < 1.29 is 15.0 Å². The van der Waals surface area contributed by atoms with E-state index < -0.39 is 5.97 Å². The van der Waals surface area contributed by atoms with Crippen molar-refractivity contribution in [3.63, 3.8) is 0 Å². The molecule has 0 unspecified atom stereocenters. The number of hydrogen-bond acceptors (Lipinski definition) is 3. The van der Waals surface area contributed by atoms with Gasteiger partial charge in [-0.05, 0) is 24.6 Å². The van der Waals surface area contributed by atoms with Crippen molar-refractivity contribution in [1.82, 2.24) is 9.78 Å². The van der Waals surface area contributed by atoms with Crippen LogP contribution in [0.25, 0.3) is 5.69 Å². The standard InChI is InChI=1S/C12H10BrClN2O3/c13-8-1-2-9(14)10(5-8)16-6-7(3-4-17)11(15-16)12(18)19/h1-2,5-6,17H,3-4H2,(H,18,19). The van der Waals surface area contributed by atoms with E-state index >= 15 is 0 Å². The predicted molar refractivity (Wildman–Crippen MR) is 74.0 cm³/mol. The SMILES string of the molecule is O=C(O)c1nn(-c2cc(Br)ccc2Cl)cc1CCO. The lowest BCUT2D eigenvalue weighted by atomic mass is 10.2. The van der Waals surface area contributed by atoms with E-state index in [0.717, 1.165) is 4.47 Å². The molecule has 2 aromatic rings. The summed E-state index contributed by atoms with van der Waals surface area (Å²) in [6.45, 7) is -0.141. The van der Waals surface area contributed by atoms with Gasteiger partial charge in [-0.2, -0.15) is 5.10 Å². The first kappa shape index (κ1) is 14.0. The Balaban J connectivity index is 2.53. The number of carboxylic acids is 1. The number of aliphatic hydroxyl groups is 1. The van der Waals surface area contributed by atoms with Crippen molar-refractivity contribution in [3.8, 4) is 5.69 Å². The van der Waals surface area contributed by atoms with Crippen molar-refractivity contribution in [2.75, 3.05) is 6.61 Å². The third-order valence-electron chi connectivity index (χ3n) is 2.53. The topological polar surface area (TPSA) is 75.3 Å². The van der Waals surface area contributed by atoms with Gasteiger partial charge in [0.05, 0.1) is 10.7 Å². The summed E-state index contributed by atoms with van der Waals surface area (Å²) in [5, 5.41) is 22.5. The van der Waals surface area contributed by atoms with E-state index in [1.807, 2.05) is 0 Å². The van der Waals surface area contributed by atoms with Gasteiger partial charge in [0.2, 0.25) is 0 Å². The molecule has 7 heteroatoms.